The van der Waals surface area contributed by atoms with E-state index in [0.717, 1.165) is 12.0 Å². The summed E-state index contributed by atoms with van der Waals surface area (Å²) in [4.78, 5) is 25.7. The van der Waals surface area contributed by atoms with Gasteiger partial charge in [0, 0.05) is 11.9 Å². The average molecular weight is 477 g/mol. The van der Waals surface area contributed by atoms with E-state index in [1.807, 2.05) is 13.0 Å². The molecule has 0 aliphatic carbocycles. The number of benzene rings is 3. The summed E-state index contributed by atoms with van der Waals surface area (Å²) in [5, 5.41) is 2.93. The molecule has 174 valence electrons. The molecule has 0 bridgehead atoms. The summed E-state index contributed by atoms with van der Waals surface area (Å²) in [7, 11) is -2.67. The van der Waals surface area contributed by atoms with Crippen molar-refractivity contribution in [1.29, 1.82) is 0 Å². The van der Waals surface area contributed by atoms with Crippen molar-refractivity contribution in [2.24, 2.45) is 0 Å². The van der Waals surface area contributed by atoms with E-state index in [1.54, 1.807) is 48.5 Å². The van der Waals surface area contributed by atoms with Crippen LogP contribution in [-0.2, 0) is 27.6 Å². The van der Waals surface area contributed by atoms with E-state index < -0.39 is 20.2 Å². The third kappa shape index (κ3) is 4.58. The lowest BCUT2D eigenvalue weighted by Crippen LogP contribution is -2.24. The first-order valence-electron chi connectivity index (χ1n) is 10.7. The molecule has 1 N–H and O–H groups in total. The maximum Gasteiger partial charge on any atom is 0.244 e. The number of nitrogens with zero attached hydrogens (tertiary/aromatic N) is 1. The van der Waals surface area contributed by atoms with Crippen molar-refractivity contribution in [2.75, 3.05) is 12.4 Å². The molecule has 0 atom stereocenters. The number of rotatable bonds is 7. The van der Waals surface area contributed by atoms with Gasteiger partial charge >= 0.3 is 0 Å². The quantitative estimate of drug-likeness (QED) is 0.434. The Balaban J connectivity index is 1.84. The topological polar surface area (TPSA) is 94.5 Å². The third-order valence-corrected chi connectivity index (χ3v) is 7.32. The largest absolute Gasteiger partial charge is 0.497 e. The number of aromatic nitrogens is 1. The highest BCUT2D eigenvalue weighted by atomic mass is 32.2. The number of hydrogen-bond donors (Lipinski definition) is 1. The van der Waals surface area contributed by atoms with Crippen LogP contribution in [0.1, 0.15) is 12.5 Å². The van der Waals surface area contributed by atoms with Crippen molar-refractivity contribution in [3.8, 4) is 5.75 Å². The molecular weight excluding hydrogens is 452 g/mol. The number of sulfone groups is 1. The molecule has 1 heterocycles. The van der Waals surface area contributed by atoms with Crippen molar-refractivity contribution >= 4 is 32.3 Å². The molecule has 0 spiro atoms. The Morgan fingerprint density at radius 3 is 2.35 bits per heavy atom. The highest BCUT2D eigenvalue weighted by molar-refractivity contribution is 7.91. The lowest BCUT2D eigenvalue weighted by molar-refractivity contribution is -0.116. The van der Waals surface area contributed by atoms with Gasteiger partial charge in [-0.3, -0.25) is 9.59 Å². The van der Waals surface area contributed by atoms with Crippen molar-refractivity contribution in [1.82, 2.24) is 4.57 Å². The number of methoxy groups -OCH3 is 1. The lowest BCUT2D eigenvalue weighted by atomic mass is 10.2. The van der Waals surface area contributed by atoms with Crippen LogP contribution in [0.25, 0.3) is 10.9 Å². The molecule has 0 saturated heterocycles. The molecule has 7 nitrogen and oxygen atoms in total. The number of para-hydroxylation sites is 1. The minimum atomic E-state index is -4.13. The first-order valence-corrected chi connectivity index (χ1v) is 12.2. The molecular formula is C26H24N2O5S. The summed E-state index contributed by atoms with van der Waals surface area (Å²) in [6.07, 6.45) is 2.00. The van der Waals surface area contributed by atoms with Crippen molar-refractivity contribution in [2.45, 2.75) is 29.7 Å². The van der Waals surface area contributed by atoms with Crippen LogP contribution in [0.3, 0.4) is 0 Å². The Kier molecular flexibility index (Phi) is 6.51. The number of anilines is 1. The third-order valence-electron chi connectivity index (χ3n) is 5.56. The molecule has 0 unspecified atom stereocenters. The summed E-state index contributed by atoms with van der Waals surface area (Å²) in [5.74, 6) is 0.0503. The molecule has 1 aromatic heterocycles. The van der Waals surface area contributed by atoms with E-state index in [0.29, 0.717) is 17.0 Å². The number of carbonyl (C=O) groups is 1. The van der Waals surface area contributed by atoms with Crippen molar-refractivity contribution in [3.05, 3.63) is 94.8 Å². The van der Waals surface area contributed by atoms with Gasteiger partial charge in [-0.1, -0.05) is 37.3 Å². The van der Waals surface area contributed by atoms with E-state index in [4.69, 9.17) is 4.74 Å². The fourth-order valence-electron chi connectivity index (χ4n) is 3.71. The van der Waals surface area contributed by atoms with E-state index in [9.17, 15) is 18.0 Å². The van der Waals surface area contributed by atoms with E-state index in [2.05, 4.69) is 5.32 Å². The first kappa shape index (κ1) is 23.3. The van der Waals surface area contributed by atoms with Crippen molar-refractivity contribution in [3.63, 3.8) is 0 Å². The number of nitrogens with one attached hydrogen (secondary N) is 1. The van der Waals surface area contributed by atoms with Crippen LogP contribution < -0.4 is 15.5 Å². The Morgan fingerprint density at radius 2 is 1.71 bits per heavy atom. The van der Waals surface area contributed by atoms with Gasteiger partial charge in [0.25, 0.3) is 0 Å². The second kappa shape index (κ2) is 9.52. The van der Waals surface area contributed by atoms with Crippen LogP contribution in [0.2, 0.25) is 0 Å². The molecule has 0 saturated carbocycles. The fraction of sp³-hybridized carbons (Fsp3) is 0.154. The summed E-state index contributed by atoms with van der Waals surface area (Å²) in [6.45, 7) is 1.79. The maximum absolute atomic E-state index is 13.4. The first-order chi connectivity index (χ1) is 16.3. The lowest BCUT2D eigenvalue weighted by Gasteiger charge is -2.15. The zero-order valence-electron chi connectivity index (χ0n) is 18.8. The average Bonchev–Trinajstić information content (AvgIpc) is 2.86. The molecule has 4 aromatic rings. The monoisotopic (exact) mass is 476 g/mol. The van der Waals surface area contributed by atoms with E-state index in [1.165, 1.54) is 36.1 Å². The van der Waals surface area contributed by atoms with Gasteiger partial charge in [0.1, 0.15) is 17.2 Å². The van der Waals surface area contributed by atoms with E-state index >= 15 is 0 Å². The predicted octanol–water partition coefficient (Wildman–Crippen LogP) is 4.04. The number of fused-ring (bicyclic) bond motifs is 1. The Bertz CT molecular complexity index is 1510. The Labute approximate surface area is 197 Å². The van der Waals surface area contributed by atoms with Crippen LogP contribution >= 0.6 is 0 Å². The van der Waals surface area contributed by atoms with Gasteiger partial charge in [0.2, 0.25) is 21.2 Å². The number of ether oxygens (including phenoxy) is 1. The van der Waals surface area contributed by atoms with Gasteiger partial charge in [0.05, 0.1) is 22.9 Å². The molecule has 0 fully saturated rings. The molecule has 3 aromatic carbocycles. The Hall–Kier alpha value is -3.91. The molecule has 0 aliphatic heterocycles. The van der Waals surface area contributed by atoms with Gasteiger partial charge < -0.3 is 14.6 Å². The predicted molar refractivity (Wildman–Crippen MR) is 131 cm³/mol. The zero-order valence-corrected chi connectivity index (χ0v) is 19.6. The second-order valence-corrected chi connectivity index (χ2v) is 9.67. The SMILES string of the molecule is CCc1ccc(S(=O)(=O)c2cn(CC(=O)Nc3ccccc3)c3ccc(OC)cc3c2=O)cc1. The summed E-state index contributed by atoms with van der Waals surface area (Å²) >= 11 is 0. The molecule has 0 radical (unpaired) electrons. The summed E-state index contributed by atoms with van der Waals surface area (Å²) < 4.78 is 33.6. The smallest absolute Gasteiger partial charge is 0.244 e. The number of carbonyl (C=O) groups excluding carboxylic acids is 1. The van der Waals surface area contributed by atoms with Crippen LogP contribution in [-0.4, -0.2) is 26.0 Å². The fourth-order valence-corrected chi connectivity index (χ4v) is 5.08. The highest BCUT2D eigenvalue weighted by Crippen LogP contribution is 2.24. The minimum absolute atomic E-state index is 0.0179. The minimum Gasteiger partial charge on any atom is -0.497 e. The van der Waals surface area contributed by atoms with Crippen molar-refractivity contribution < 1.29 is 17.9 Å². The van der Waals surface area contributed by atoms with Gasteiger partial charge in [0.15, 0.2) is 0 Å². The van der Waals surface area contributed by atoms with Crippen LogP contribution in [0, 0.1) is 0 Å². The number of hydrogen-bond acceptors (Lipinski definition) is 5. The number of amides is 1. The summed E-state index contributed by atoms with van der Waals surface area (Å²) in [6, 6.07) is 20.2. The van der Waals surface area contributed by atoms with Gasteiger partial charge in [-0.25, -0.2) is 8.42 Å². The van der Waals surface area contributed by atoms with Crippen LogP contribution in [0.15, 0.2) is 93.6 Å². The number of pyridine rings is 1. The van der Waals surface area contributed by atoms with Gasteiger partial charge in [-0.15, -0.1) is 0 Å². The van der Waals surface area contributed by atoms with E-state index in [-0.39, 0.29) is 22.7 Å². The maximum atomic E-state index is 13.4. The second-order valence-electron chi connectivity index (χ2n) is 7.75. The molecule has 8 heteroatoms. The highest BCUT2D eigenvalue weighted by Gasteiger charge is 2.24. The molecule has 1 amide bonds. The summed E-state index contributed by atoms with van der Waals surface area (Å²) in [5.41, 5.74) is 1.38. The molecule has 34 heavy (non-hydrogen) atoms. The Morgan fingerprint density at radius 1 is 1.00 bits per heavy atom. The zero-order chi connectivity index (χ0) is 24.3. The van der Waals surface area contributed by atoms with Gasteiger partial charge in [-0.05, 0) is 54.4 Å². The van der Waals surface area contributed by atoms with Gasteiger partial charge in [-0.2, -0.15) is 0 Å². The molecule has 4 rings (SSSR count). The standard InChI is InChI=1S/C26H24N2O5S/c1-3-18-9-12-21(13-10-18)34(31,32)24-16-28(17-25(29)27-19-7-5-4-6-8-19)23-14-11-20(33-2)15-22(23)26(24)30/h4-16H,3,17H2,1-2H3,(H,27,29). The van der Waals surface area contributed by atoms with Crippen LogP contribution in [0.4, 0.5) is 5.69 Å². The molecule has 0 aliphatic rings. The number of aryl methyl sites for hydroxylation is 1. The van der Waals surface area contributed by atoms with Crippen LogP contribution in [0.5, 0.6) is 5.75 Å². The normalized spacial score (nSPS) is 11.4.